The normalized spacial score (nSPS) is 14.5. The Morgan fingerprint density at radius 1 is 0.857 bits per heavy atom. The van der Waals surface area contributed by atoms with Crippen LogP contribution in [0.2, 0.25) is 0 Å². The van der Waals surface area contributed by atoms with Gasteiger partial charge in [-0.3, -0.25) is 4.79 Å². The van der Waals surface area contributed by atoms with Crippen LogP contribution in [0.3, 0.4) is 0 Å². The monoisotopic (exact) mass is 464 g/mol. The van der Waals surface area contributed by atoms with E-state index < -0.39 is 6.04 Å². The number of carbonyl (C=O) groups is 2. The molecule has 1 fully saturated rings. The standard InChI is InChI=1S/C29H28N4O2/c34-21-23(19-22-9-3-1-4-10-22)30-29(35)26-20-28(31-27-14-8-7-13-25(26)27)33-17-15-32(16-18-33)24-11-5-2-6-12-24/h1-14,20-21,23H,15-19H2,(H,30,35)/t23-/m0/s1. The van der Waals surface area contributed by atoms with Crippen LogP contribution < -0.4 is 15.1 Å². The van der Waals surface area contributed by atoms with Crippen LogP contribution in [-0.4, -0.2) is 49.4 Å². The highest BCUT2D eigenvalue weighted by atomic mass is 16.2. The number of hydrogen-bond acceptors (Lipinski definition) is 5. The van der Waals surface area contributed by atoms with E-state index in [4.69, 9.17) is 4.98 Å². The van der Waals surface area contributed by atoms with Crippen LogP contribution in [-0.2, 0) is 11.2 Å². The molecular formula is C29H28N4O2. The van der Waals surface area contributed by atoms with E-state index in [-0.39, 0.29) is 5.91 Å². The van der Waals surface area contributed by atoms with Crippen molar-refractivity contribution in [1.29, 1.82) is 0 Å². The van der Waals surface area contributed by atoms with Crippen molar-refractivity contribution >= 4 is 34.6 Å². The number of piperazine rings is 1. The number of benzene rings is 3. The maximum Gasteiger partial charge on any atom is 0.252 e. The van der Waals surface area contributed by atoms with Crippen molar-refractivity contribution in [2.24, 2.45) is 0 Å². The molecule has 6 heteroatoms. The van der Waals surface area contributed by atoms with Gasteiger partial charge in [-0.15, -0.1) is 0 Å². The first kappa shape index (κ1) is 22.6. The Morgan fingerprint density at radius 3 is 2.20 bits per heavy atom. The van der Waals surface area contributed by atoms with E-state index in [1.54, 1.807) is 0 Å². The zero-order valence-corrected chi connectivity index (χ0v) is 19.5. The molecule has 0 radical (unpaired) electrons. The Hall–Kier alpha value is -4.19. The molecule has 0 saturated carbocycles. The van der Waals surface area contributed by atoms with Gasteiger partial charge in [0.1, 0.15) is 12.1 Å². The molecule has 4 aromatic rings. The van der Waals surface area contributed by atoms with E-state index in [1.165, 1.54) is 5.69 Å². The summed E-state index contributed by atoms with van der Waals surface area (Å²) in [6.45, 7) is 3.38. The summed E-state index contributed by atoms with van der Waals surface area (Å²) in [6.07, 6.45) is 1.26. The maximum absolute atomic E-state index is 13.4. The molecular weight excluding hydrogens is 436 g/mol. The van der Waals surface area contributed by atoms with Gasteiger partial charge in [0.05, 0.1) is 17.1 Å². The SMILES string of the molecule is O=C[C@H](Cc1ccccc1)NC(=O)c1cc(N2CCN(c3ccccc3)CC2)nc2ccccc12. The fourth-order valence-electron chi connectivity index (χ4n) is 4.59. The van der Waals surface area contributed by atoms with Crippen molar-refractivity contribution in [1.82, 2.24) is 10.3 Å². The number of pyridine rings is 1. The first-order chi connectivity index (χ1) is 17.2. The Balaban J connectivity index is 1.36. The average molecular weight is 465 g/mol. The van der Waals surface area contributed by atoms with Crippen LogP contribution in [0.25, 0.3) is 10.9 Å². The molecule has 1 aliphatic heterocycles. The zero-order valence-electron chi connectivity index (χ0n) is 19.5. The molecule has 0 spiro atoms. The number of aldehydes is 1. The third-order valence-electron chi connectivity index (χ3n) is 6.45. The fourth-order valence-corrected chi connectivity index (χ4v) is 4.59. The maximum atomic E-state index is 13.4. The largest absolute Gasteiger partial charge is 0.368 e. The topological polar surface area (TPSA) is 65.5 Å². The van der Waals surface area contributed by atoms with E-state index in [1.807, 2.05) is 66.7 Å². The highest BCUT2D eigenvalue weighted by molar-refractivity contribution is 6.07. The molecule has 1 aromatic heterocycles. The summed E-state index contributed by atoms with van der Waals surface area (Å²) in [7, 11) is 0. The third-order valence-corrected chi connectivity index (χ3v) is 6.45. The second kappa shape index (κ2) is 10.4. The molecule has 6 nitrogen and oxygen atoms in total. The van der Waals surface area contributed by atoms with Crippen molar-refractivity contribution in [2.45, 2.75) is 12.5 Å². The number of para-hydroxylation sites is 2. The van der Waals surface area contributed by atoms with Crippen LogP contribution >= 0.6 is 0 Å². The second-order valence-electron chi connectivity index (χ2n) is 8.76. The van der Waals surface area contributed by atoms with Crippen molar-refractivity contribution in [3.63, 3.8) is 0 Å². The molecule has 1 atom stereocenters. The summed E-state index contributed by atoms with van der Waals surface area (Å²) >= 11 is 0. The van der Waals surface area contributed by atoms with E-state index in [0.29, 0.717) is 12.0 Å². The lowest BCUT2D eigenvalue weighted by molar-refractivity contribution is -0.109. The van der Waals surface area contributed by atoms with Gasteiger partial charge in [-0.2, -0.15) is 0 Å². The summed E-state index contributed by atoms with van der Waals surface area (Å²) in [6, 6.07) is 29.0. The van der Waals surface area contributed by atoms with Crippen LogP contribution in [0.1, 0.15) is 15.9 Å². The minimum absolute atomic E-state index is 0.263. The van der Waals surface area contributed by atoms with Crippen LogP contribution in [0.15, 0.2) is 91.0 Å². The highest BCUT2D eigenvalue weighted by Crippen LogP contribution is 2.25. The van der Waals surface area contributed by atoms with Gasteiger partial charge in [0.25, 0.3) is 5.91 Å². The number of nitrogens with one attached hydrogen (secondary N) is 1. The zero-order chi connectivity index (χ0) is 24.0. The summed E-state index contributed by atoms with van der Waals surface area (Å²) < 4.78 is 0. The smallest absolute Gasteiger partial charge is 0.252 e. The van der Waals surface area contributed by atoms with Crippen molar-refractivity contribution in [3.05, 3.63) is 102 Å². The number of anilines is 2. The Kier molecular flexibility index (Phi) is 6.70. The van der Waals surface area contributed by atoms with E-state index >= 15 is 0 Å². The predicted molar refractivity (Wildman–Crippen MR) is 140 cm³/mol. The first-order valence-corrected chi connectivity index (χ1v) is 12.0. The lowest BCUT2D eigenvalue weighted by Gasteiger charge is -2.37. The van der Waals surface area contributed by atoms with Crippen LogP contribution in [0, 0.1) is 0 Å². The van der Waals surface area contributed by atoms with Gasteiger partial charge in [-0.1, -0.05) is 66.7 Å². The Morgan fingerprint density at radius 2 is 1.49 bits per heavy atom. The van der Waals surface area contributed by atoms with Gasteiger partial charge >= 0.3 is 0 Å². The predicted octanol–water partition coefficient (Wildman–Crippen LogP) is 4.10. The third kappa shape index (κ3) is 5.17. The number of nitrogens with zero attached hydrogens (tertiary/aromatic N) is 3. The molecule has 1 saturated heterocycles. The van der Waals surface area contributed by atoms with Crippen LogP contribution in [0.5, 0.6) is 0 Å². The van der Waals surface area contributed by atoms with Gasteiger partial charge in [-0.25, -0.2) is 4.98 Å². The summed E-state index contributed by atoms with van der Waals surface area (Å²) in [5, 5.41) is 3.70. The van der Waals surface area contributed by atoms with Crippen molar-refractivity contribution in [3.8, 4) is 0 Å². The molecule has 0 aliphatic carbocycles. The van der Waals surface area contributed by atoms with Crippen molar-refractivity contribution in [2.75, 3.05) is 36.0 Å². The molecule has 0 bridgehead atoms. The number of aromatic nitrogens is 1. The van der Waals surface area contributed by atoms with E-state index in [0.717, 1.165) is 54.7 Å². The van der Waals surface area contributed by atoms with Crippen LogP contribution in [0.4, 0.5) is 11.5 Å². The van der Waals surface area contributed by atoms with Gasteiger partial charge in [-0.05, 0) is 36.2 Å². The first-order valence-electron chi connectivity index (χ1n) is 12.0. The number of amides is 1. The van der Waals surface area contributed by atoms with Crippen molar-refractivity contribution < 1.29 is 9.59 Å². The molecule has 1 aliphatic rings. The molecule has 2 heterocycles. The minimum Gasteiger partial charge on any atom is -0.368 e. The highest BCUT2D eigenvalue weighted by Gasteiger charge is 2.22. The molecule has 0 unspecified atom stereocenters. The molecule has 1 N–H and O–H groups in total. The summed E-state index contributed by atoms with van der Waals surface area (Å²) in [4.78, 5) is 34.6. The number of rotatable bonds is 7. The van der Waals surface area contributed by atoms with E-state index in [9.17, 15) is 9.59 Å². The number of hydrogen-bond donors (Lipinski definition) is 1. The van der Waals surface area contributed by atoms with Gasteiger partial charge in [0.15, 0.2) is 0 Å². The molecule has 3 aromatic carbocycles. The molecule has 5 rings (SSSR count). The molecule has 176 valence electrons. The quantitative estimate of drug-likeness (QED) is 0.417. The Bertz CT molecular complexity index is 1300. The second-order valence-corrected chi connectivity index (χ2v) is 8.76. The van der Waals surface area contributed by atoms with E-state index in [2.05, 4.69) is 39.4 Å². The lowest BCUT2D eigenvalue weighted by Crippen LogP contribution is -2.47. The minimum atomic E-state index is -0.602. The average Bonchev–Trinajstić information content (AvgIpc) is 2.93. The van der Waals surface area contributed by atoms with Gasteiger partial charge in [0, 0.05) is 37.3 Å². The molecule has 35 heavy (non-hydrogen) atoms. The fraction of sp³-hybridized carbons (Fsp3) is 0.207. The summed E-state index contributed by atoms with van der Waals surface area (Å²) in [5.41, 5.74) is 3.53. The Labute approximate surface area is 205 Å². The number of carbonyl (C=O) groups excluding carboxylic acids is 2. The number of fused-ring (bicyclic) bond motifs is 1. The van der Waals surface area contributed by atoms with Gasteiger partial charge in [0.2, 0.25) is 0 Å². The van der Waals surface area contributed by atoms with Gasteiger partial charge < -0.3 is 19.9 Å². The molecule has 1 amide bonds. The lowest BCUT2D eigenvalue weighted by atomic mass is 10.0. The summed E-state index contributed by atoms with van der Waals surface area (Å²) in [5.74, 6) is 0.521.